The number of unbranched alkanes of at least 4 members (excludes halogenated alkanes) is 5. The van der Waals surface area contributed by atoms with E-state index in [2.05, 4.69) is 22.3 Å². The molecule has 36 heavy (non-hydrogen) atoms. The maximum atomic E-state index is 13.3. The molecule has 3 N–H and O–H groups in total. The molecular formula is C26H41N3O7. The SMILES string of the molecule is CCCCCCCCN(C(=O)CNC(=O)OC(C)(C)C)C(C(=O)NCC(=O)OC)c1cccc(O)c1. The van der Waals surface area contributed by atoms with Crippen molar-refractivity contribution in [3.05, 3.63) is 29.8 Å². The molecule has 0 bridgehead atoms. The minimum atomic E-state index is -1.13. The second-order valence-corrected chi connectivity index (χ2v) is 9.50. The highest BCUT2D eigenvalue weighted by molar-refractivity contribution is 5.91. The highest BCUT2D eigenvalue weighted by Gasteiger charge is 2.32. The molecular weight excluding hydrogens is 466 g/mol. The van der Waals surface area contributed by atoms with E-state index in [1.807, 2.05) is 0 Å². The Hall–Kier alpha value is -3.30. The number of nitrogens with zero attached hydrogens (tertiary/aromatic N) is 1. The van der Waals surface area contributed by atoms with Crippen LogP contribution in [-0.4, -0.2) is 66.2 Å². The number of hydrogen-bond acceptors (Lipinski definition) is 7. The molecule has 0 aliphatic rings. The highest BCUT2D eigenvalue weighted by atomic mass is 16.6. The first kappa shape index (κ1) is 30.7. The number of phenolic OH excluding ortho intramolecular Hbond substituents is 1. The Labute approximate surface area is 213 Å². The van der Waals surface area contributed by atoms with Crippen LogP contribution in [0.1, 0.15) is 77.8 Å². The van der Waals surface area contributed by atoms with Crippen LogP contribution in [0.3, 0.4) is 0 Å². The summed E-state index contributed by atoms with van der Waals surface area (Å²) in [6.45, 7) is 6.75. The number of hydrogen-bond donors (Lipinski definition) is 3. The summed E-state index contributed by atoms with van der Waals surface area (Å²) >= 11 is 0. The molecule has 0 spiro atoms. The molecule has 0 radical (unpaired) electrons. The summed E-state index contributed by atoms with van der Waals surface area (Å²) in [6.07, 6.45) is 5.07. The predicted molar refractivity (Wildman–Crippen MR) is 135 cm³/mol. The maximum Gasteiger partial charge on any atom is 0.408 e. The van der Waals surface area contributed by atoms with Gasteiger partial charge < -0.3 is 30.1 Å². The third-order valence-corrected chi connectivity index (χ3v) is 5.24. The van der Waals surface area contributed by atoms with Crippen molar-refractivity contribution in [1.29, 1.82) is 0 Å². The van der Waals surface area contributed by atoms with Crippen LogP contribution in [0.4, 0.5) is 4.79 Å². The first-order valence-electron chi connectivity index (χ1n) is 12.4. The van der Waals surface area contributed by atoms with Crippen molar-refractivity contribution >= 4 is 23.9 Å². The number of carbonyl (C=O) groups is 4. The molecule has 202 valence electrons. The summed E-state index contributed by atoms with van der Waals surface area (Å²) in [7, 11) is 1.21. The largest absolute Gasteiger partial charge is 0.508 e. The summed E-state index contributed by atoms with van der Waals surface area (Å²) in [6, 6.07) is 4.90. The minimum Gasteiger partial charge on any atom is -0.508 e. The van der Waals surface area contributed by atoms with E-state index in [1.165, 1.54) is 24.1 Å². The van der Waals surface area contributed by atoms with Crippen molar-refractivity contribution in [2.45, 2.75) is 77.9 Å². The van der Waals surface area contributed by atoms with Gasteiger partial charge in [-0.2, -0.15) is 0 Å². The van der Waals surface area contributed by atoms with Crippen LogP contribution in [0.2, 0.25) is 0 Å². The number of phenols is 1. The lowest BCUT2D eigenvalue weighted by Gasteiger charge is -2.32. The molecule has 1 rings (SSSR count). The number of aromatic hydroxyl groups is 1. The predicted octanol–water partition coefficient (Wildman–Crippen LogP) is 3.44. The van der Waals surface area contributed by atoms with Gasteiger partial charge in [0.1, 0.15) is 30.5 Å². The van der Waals surface area contributed by atoms with Crippen LogP contribution >= 0.6 is 0 Å². The summed E-state index contributed by atoms with van der Waals surface area (Å²) in [5.41, 5.74) is -0.364. The lowest BCUT2D eigenvalue weighted by Crippen LogP contribution is -2.48. The molecule has 0 saturated carbocycles. The van der Waals surface area contributed by atoms with Crippen molar-refractivity contribution < 1.29 is 33.8 Å². The van der Waals surface area contributed by atoms with E-state index in [1.54, 1.807) is 32.9 Å². The zero-order chi connectivity index (χ0) is 27.1. The first-order chi connectivity index (χ1) is 17.0. The monoisotopic (exact) mass is 507 g/mol. The molecule has 1 atom stereocenters. The maximum absolute atomic E-state index is 13.3. The van der Waals surface area contributed by atoms with E-state index in [0.29, 0.717) is 12.0 Å². The number of carbonyl (C=O) groups excluding carboxylic acids is 4. The van der Waals surface area contributed by atoms with E-state index >= 15 is 0 Å². The fourth-order valence-electron chi connectivity index (χ4n) is 3.52. The summed E-state index contributed by atoms with van der Waals surface area (Å²) in [4.78, 5) is 51.6. The molecule has 0 aromatic heterocycles. The van der Waals surface area contributed by atoms with Crippen molar-refractivity contribution in [2.75, 3.05) is 26.7 Å². The van der Waals surface area contributed by atoms with E-state index in [-0.39, 0.29) is 25.4 Å². The molecule has 0 heterocycles. The fraction of sp³-hybridized carbons (Fsp3) is 0.615. The van der Waals surface area contributed by atoms with E-state index in [0.717, 1.165) is 32.1 Å². The average Bonchev–Trinajstić information content (AvgIpc) is 2.81. The second kappa shape index (κ2) is 15.6. The van der Waals surface area contributed by atoms with Gasteiger partial charge in [0.2, 0.25) is 11.8 Å². The standard InChI is InChI=1S/C26H41N3O7/c1-6-7-8-9-10-11-15-29(21(31)17-28-25(34)36-26(2,3)4)23(19-13-12-14-20(30)16-19)24(33)27-18-22(32)35-5/h12-14,16,23,30H,6-11,15,17-18H2,1-5H3,(H,27,33)(H,28,34). The third-order valence-electron chi connectivity index (χ3n) is 5.24. The van der Waals surface area contributed by atoms with Gasteiger partial charge in [-0.05, 0) is 44.9 Å². The summed E-state index contributed by atoms with van der Waals surface area (Å²) < 4.78 is 9.80. The van der Waals surface area contributed by atoms with Gasteiger partial charge in [-0.15, -0.1) is 0 Å². The Kier molecular flexibility index (Phi) is 13.4. The third kappa shape index (κ3) is 11.9. The Bertz CT molecular complexity index is 867. The van der Waals surface area contributed by atoms with Crippen molar-refractivity contribution in [3.63, 3.8) is 0 Å². The van der Waals surface area contributed by atoms with Gasteiger partial charge in [-0.25, -0.2) is 4.79 Å². The van der Waals surface area contributed by atoms with Crippen LogP contribution in [-0.2, 0) is 23.9 Å². The van der Waals surface area contributed by atoms with Crippen LogP contribution in [0.15, 0.2) is 24.3 Å². The zero-order valence-electron chi connectivity index (χ0n) is 22.1. The molecule has 10 heteroatoms. The van der Waals surface area contributed by atoms with Gasteiger partial charge in [0, 0.05) is 6.54 Å². The number of methoxy groups -OCH3 is 1. The lowest BCUT2D eigenvalue weighted by molar-refractivity contribution is -0.143. The van der Waals surface area contributed by atoms with Crippen molar-refractivity contribution in [2.24, 2.45) is 0 Å². The topological polar surface area (TPSA) is 134 Å². The number of esters is 1. The lowest BCUT2D eigenvalue weighted by atomic mass is 10.0. The molecule has 0 fully saturated rings. The Balaban J connectivity index is 3.15. The van der Waals surface area contributed by atoms with Crippen molar-refractivity contribution in [3.8, 4) is 5.75 Å². The Morgan fingerprint density at radius 3 is 2.28 bits per heavy atom. The van der Waals surface area contributed by atoms with E-state index in [9.17, 15) is 24.3 Å². The first-order valence-corrected chi connectivity index (χ1v) is 12.4. The number of ether oxygens (including phenoxy) is 2. The Morgan fingerprint density at radius 1 is 1.00 bits per heavy atom. The summed E-state index contributed by atoms with van der Waals surface area (Å²) in [5.74, 6) is -1.82. The van der Waals surface area contributed by atoms with Gasteiger partial charge in [0.25, 0.3) is 0 Å². The minimum absolute atomic E-state index is 0.0721. The molecule has 0 aliphatic carbocycles. The average molecular weight is 508 g/mol. The Morgan fingerprint density at radius 2 is 1.67 bits per heavy atom. The van der Waals surface area contributed by atoms with Crippen LogP contribution in [0.5, 0.6) is 5.75 Å². The smallest absolute Gasteiger partial charge is 0.408 e. The second-order valence-electron chi connectivity index (χ2n) is 9.50. The number of alkyl carbamates (subject to hydrolysis) is 1. The van der Waals surface area contributed by atoms with E-state index < -0.39 is 35.5 Å². The van der Waals surface area contributed by atoms with Gasteiger partial charge in [-0.3, -0.25) is 14.4 Å². The molecule has 1 aromatic carbocycles. The zero-order valence-corrected chi connectivity index (χ0v) is 22.1. The number of nitrogens with one attached hydrogen (secondary N) is 2. The van der Waals surface area contributed by atoms with Gasteiger partial charge >= 0.3 is 12.1 Å². The molecule has 3 amide bonds. The molecule has 1 aromatic rings. The number of benzene rings is 1. The molecule has 10 nitrogen and oxygen atoms in total. The van der Waals surface area contributed by atoms with E-state index in [4.69, 9.17) is 4.74 Å². The molecule has 0 aliphatic heterocycles. The van der Waals surface area contributed by atoms with Crippen LogP contribution in [0.25, 0.3) is 0 Å². The van der Waals surface area contributed by atoms with Gasteiger partial charge in [-0.1, -0.05) is 51.2 Å². The van der Waals surface area contributed by atoms with Crippen molar-refractivity contribution in [1.82, 2.24) is 15.5 Å². The highest BCUT2D eigenvalue weighted by Crippen LogP contribution is 2.25. The number of rotatable bonds is 14. The fourth-order valence-corrected chi connectivity index (χ4v) is 3.52. The van der Waals surface area contributed by atoms with Gasteiger partial charge in [0.05, 0.1) is 7.11 Å². The number of amides is 3. The quantitative estimate of drug-likeness (QED) is 0.259. The molecule has 1 unspecified atom stereocenters. The van der Waals surface area contributed by atoms with Crippen LogP contribution in [0, 0.1) is 0 Å². The summed E-state index contributed by atoms with van der Waals surface area (Å²) in [5, 5.41) is 15.0. The normalized spacial score (nSPS) is 11.8. The van der Waals surface area contributed by atoms with Gasteiger partial charge in [0.15, 0.2) is 0 Å². The molecule has 0 saturated heterocycles. The van der Waals surface area contributed by atoms with Crippen LogP contribution < -0.4 is 10.6 Å².